The fourth-order valence-corrected chi connectivity index (χ4v) is 5.54. The molecule has 1 fully saturated rings. The minimum atomic E-state index is 0.173. The lowest BCUT2D eigenvalue weighted by atomic mass is 9.85. The number of nitrogens with one attached hydrogen (secondary N) is 1. The zero-order valence-corrected chi connectivity index (χ0v) is 21.4. The molecule has 0 atom stereocenters. The normalized spacial score (nSPS) is 15.8. The molecule has 0 amide bonds. The van der Waals surface area contributed by atoms with Gasteiger partial charge in [0.25, 0.3) is 0 Å². The van der Waals surface area contributed by atoms with Crippen LogP contribution in [0, 0.1) is 0 Å². The lowest BCUT2D eigenvalue weighted by Gasteiger charge is -2.26. The summed E-state index contributed by atoms with van der Waals surface area (Å²) in [6.45, 7) is 19.1. The van der Waals surface area contributed by atoms with Crippen LogP contribution < -0.4 is 5.32 Å². The summed E-state index contributed by atoms with van der Waals surface area (Å²) in [5.74, 6) is 0. The van der Waals surface area contributed by atoms with E-state index in [2.05, 4.69) is 106 Å². The number of thiophene rings is 1. The molecule has 2 heterocycles. The number of nitrogens with zero attached hydrogens (tertiary/aromatic N) is 1. The molecule has 3 aromatic rings. The Labute approximate surface area is 198 Å². The third-order valence-corrected chi connectivity index (χ3v) is 7.62. The Morgan fingerprint density at radius 1 is 0.750 bits per heavy atom. The molecule has 1 saturated heterocycles. The second-order valence-corrected chi connectivity index (χ2v) is 12.3. The number of hydrogen-bond acceptors (Lipinski definition) is 3. The Hall–Kier alpha value is -1.94. The standard InChI is InChI=1S/C29H38N2S/c1-28(2,3)23-11-7-21(8-12-23)26-19-25(20-31-17-15-30-16-18-31)32-27(26)22-9-13-24(14-10-22)29(4,5)6/h7-14,19,30H,15-18,20H2,1-6H3. The van der Waals surface area contributed by atoms with Crippen molar-refractivity contribution in [2.24, 2.45) is 0 Å². The van der Waals surface area contributed by atoms with Gasteiger partial charge in [-0.25, -0.2) is 0 Å². The maximum Gasteiger partial charge on any atom is 0.0424 e. The van der Waals surface area contributed by atoms with Crippen LogP contribution in [-0.4, -0.2) is 31.1 Å². The lowest BCUT2D eigenvalue weighted by Crippen LogP contribution is -2.42. The van der Waals surface area contributed by atoms with Gasteiger partial charge in [-0.15, -0.1) is 11.3 Å². The molecule has 1 aliphatic rings. The minimum absolute atomic E-state index is 0.173. The average molecular weight is 447 g/mol. The van der Waals surface area contributed by atoms with Crippen LogP contribution in [0.2, 0.25) is 0 Å². The van der Waals surface area contributed by atoms with E-state index in [4.69, 9.17) is 0 Å². The molecule has 1 aliphatic heterocycles. The van der Waals surface area contributed by atoms with Crippen LogP contribution in [0.5, 0.6) is 0 Å². The first-order valence-electron chi connectivity index (χ1n) is 11.9. The van der Waals surface area contributed by atoms with Gasteiger partial charge in [0, 0.05) is 48.0 Å². The molecule has 2 nitrogen and oxygen atoms in total. The number of piperazine rings is 1. The predicted molar refractivity (Wildman–Crippen MR) is 141 cm³/mol. The second-order valence-electron chi connectivity index (χ2n) is 11.1. The minimum Gasteiger partial charge on any atom is -0.314 e. The third-order valence-electron chi connectivity index (χ3n) is 6.45. The van der Waals surface area contributed by atoms with Gasteiger partial charge >= 0.3 is 0 Å². The smallest absolute Gasteiger partial charge is 0.0424 e. The SMILES string of the molecule is CC(C)(C)c1ccc(-c2cc(CN3CCNCC3)sc2-c2ccc(C(C)(C)C)cc2)cc1. The highest BCUT2D eigenvalue weighted by Crippen LogP contribution is 2.41. The van der Waals surface area contributed by atoms with Gasteiger partial charge in [-0.1, -0.05) is 90.1 Å². The largest absolute Gasteiger partial charge is 0.314 e. The highest BCUT2D eigenvalue weighted by molar-refractivity contribution is 7.16. The Bertz CT molecular complexity index is 950. The topological polar surface area (TPSA) is 15.3 Å². The van der Waals surface area contributed by atoms with Crippen molar-refractivity contribution in [3.63, 3.8) is 0 Å². The van der Waals surface area contributed by atoms with Crippen molar-refractivity contribution in [3.05, 3.63) is 70.6 Å². The molecular weight excluding hydrogens is 408 g/mol. The zero-order valence-electron chi connectivity index (χ0n) is 20.6. The van der Waals surface area contributed by atoms with Crippen molar-refractivity contribution in [1.82, 2.24) is 10.2 Å². The first-order chi connectivity index (χ1) is 15.1. The average Bonchev–Trinajstić information content (AvgIpc) is 3.17. The van der Waals surface area contributed by atoms with Crippen molar-refractivity contribution in [3.8, 4) is 21.6 Å². The van der Waals surface area contributed by atoms with E-state index in [-0.39, 0.29) is 10.8 Å². The summed E-state index contributed by atoms with van der Waals surface area (Å²) in [6, 6.07) is 20.9. The monoisotopic (exact) mass is 446 g/mol. The third kappa shape index (κ3) is 5.33. The summed E-state index contributed by atoms with van der Waals surface area (Å²) < 4.78 is 0. The first-order valence-corrected chi connectivity index (χ1v) is 12.7. The predicted octanol–water partition coefficient (Wildman–Crippen LogP) is 7.08. The van der Waals surface area contributed by atoms with E-state index in [1.807, 2.05) is 11.3 Å². The number of hydrogen-bond donors (Lipinski definition) is 1. The van der Waals surface area contributed by atoms with E-state index in [1.54, 1.807) is 0 Å². The Morgan fingerprint density at radius 2 is 1.25 bits per heavy atom. The van der Waals surface area contributed by atoms with Gasteiger partial charge in [-0.3, -0.25) is 4.90 Å². The maximum absolute atomic E-state index is 3.47. The van der Waals surface area contributed by atoms with Crippen molar-refractivity contribution >= 4 is 11.3 Å². The van der Waals surface area contributed by atoms with Gasteiger partial charge in [0.1, 0.15) is 0 Å². The van der Waals surface area contributed by atoms with E-state index in [9.17, 15) is 0 Å². The number of benzene rings is 2. The molecule has 0 spiro atoms. The van der Waals surface area contributed by atoms with Crippen LogP contribution in [0.15, 0.2) is 54.6 Å². The Balaban J connectivity index is 1.71. The Morgan fingerprint density at radius 3 is 1.75 bits per heavy atom. The number of rotatable bonds is 4. The van der Waals surface area contributed by atoms with Gasteiger partial charge in [0.15, 0.2) is 0 Å². The van der Waals surface area contributed by atoms with Crippen molar-refractivity contribution in [1.29, 1.82) is 0 Å². The molecule has 0 saturated carbocycles. The van der Waals surface area contributed by atoms with Crippen molar-refractivity contribution in [2.75, 3.05) is 26.2 Å². The van der Waals surface area contributed by atoms with Gasteiger partial charge in [0.2, 0.25) is 0 Å². The molecule has 3 heteroatoms. The van der Waals surface area contributed by atoms with Crippen molar-refractivity contribution < 1.29 is 0 Å². The fraction of sp³-hybridized carbons (Fsp3) is 0.448. The summed E-state index contributed by atoms with van der Waals surface area (Å²) >= 11 is 1.96. The molecule has 1 N–H and O–H groups in total. The highest BCUT2D eigenvalue weighted by atomic mass is 32.1. The highest BCUT2D eigenvalue weighted by Gasteiger charge is 2.19. The zero-order chi connectivity index (χ0) is 22.9. The summed E-state index contributed by atoms with van der Waals surface area (Å²) in [5, 5.41) is 3.47. The summed E-state index contributed by atoms with van der Waals surface area (Å²) in [6.07, 6.45) is 0. The molecule has 0 aliphatic carbocycles. The van der Waals surface area contributed by atoms with E-state index in [1.165, 1.54) is 37.6 Å². The van der Waals surface area contributed by atoms with Gasteiger partial charge in [-0.2, -0.15) is 0 Å². The van der Waals surface area contributed by atoms with Gasteiger partial charge in [-0.05, 0) is 39.2 Å². The molecule has 170 valence electrons. The summed E-state index contributed by atoms with van der Waals surface area (Å²) in [7, 11) is 0. The van der Waals surface area contributed by atoms with E-state index < -0.39 is 0 Å². The van der Waals surface area contributed by atoms with E-state index in [0.29, 0.717) is 0 Å². The van der Waals surface area contributed by atoms with Crippen LogP contribution in [0.4, 0.5) is 0 Å². The molecule has 1 aromatic heterocycles. The van der Waals surface area contributed by atoms with E-state index >= 15 is 0 Å². The molecule has 0 radical (unpaired) electrons. The van der Waals surface area contributed by atoms with Crippen LogP contribution in [0.3, 0.4) is 0 Å². The summed E-state index contributed by atoms with van der Waals surface area (Å²) in [4.78, 5) is 5.41. The maximum atomic E-state index is 3.47. The molecule has 0 bridgehead atoms. The fourth-order valence-electron chi connectivity index (χ4n) is 4.31. The molecule has 0 unspecified atom stereocenters. The molecule has 32 heavy (non-hydrogen) atoms. The van der Waals surface area contributed by atoms with Crippen LogP contribution in [0.1, 0.15) is 57.5 Å². The van der Waals surface area contributed by atoms with Crippen molar-refractivity contribution in [2.45, 2.75) is 58.9 Å². The quantitative estimate of drug-likeness (QED) is 0.460. The molecular formula is C29H38N2S. The lowest BCUT2D eigenvalue weighted by molar-refractivity contribution is 0.235. The Kier molecular flexibility index (Phi) is 6.63. The molecule has 4 rings (SSSR count). The second kappa shape index (κ2) is 9.13. The van der Waals surface area contributed by atoms with Gasteiger partial charge in [0.05, 0.1) is 0 Å². The molecule has 2 aromatic carbocycles. The van der Waals surface area contributed by atoms with Crippen LogP contribution in [0.25, 0.3) is 21.6 Å². The van der Waals surface area contributed by atoms with Crippen LogP contribution >= 0.6 is 11.3 Å². The van der Waals surface area contributed by atoms with Crippen LogP contribution in [-0.2, 0) is 17.4 Å². The van der Waals surface area contributed by atoms with Gasteiger partial charge < -0.3 is 5.32 Å². The first kappa shape index (κ1) is 23.2. The summed E-state index contributed by atoms with van der Waals surface area (Å²) in [5.41, 5.74) is 7.12. The van der Waals surface area contributed by atoms with E-state index in [0.717, 1.165) is 32.7 Å².